The highest BCUT2D eigenvalue weighted by atomic mass is 16.7. The van der Waals surface area contributed by atoms with E-state index in [-0.39, 0.29) is 18.3 Å². The van der Waals surface area contributed by atoms with Crippen LogP contribution in [0, 0.1) is 0 Å². The topological polar surface area (TPSA) is 40.2 Å². The van der Waals surface area contributed by atoms with Crippen LogP contribution in [0.15, 0.2) is 72.8 Å². The van der Waals surface area contributed by atoms with Gasteiger partial charge in [0.15, 0.2) is 0 Å². The standard InChI is InChI=1S/C32H42BNO4/c1-7-9-23-35-29-19-15-27(16-20-29)34(28-17-21-30(22-18-28)36-24-10-8-2)26-13-11-25(12-14-26)33-37-31(3,4)32(5,6)38-33/h11-22H,7-10,23-24H2,1-6H3. The fourth-order valence-corrected chi connectivity index (χ4v) is 4.26. The number of rotatable bonds is 12. The van der Waals surface area contributed by atoms with Crippen molar-refractivity contribution in [1.82, 2.24) is 0 Å². The van der Waals surface area contributed by atoms with Gasteiger partial charge in [0.05, 0.1) is 24.4 Å². The van der Waals surface area contributed by atoms with E-state index in [1.807, 2.05) is 24.3 Å². The predicted octanol–water partition coefficient (Wildman–Crippen LogP) is 7.81. The smallest absolute Gasteiger partial charge is 0.494 e. The Bertz CT molecular complexity index is 1070. The molecule has 1 aliphatic rings. The van der Waals surface area contributed by atoms with Crippen LogP contribution in [0.3, 0.4) is 0 Å². The van der Waals surface area contributed by atoms with Crippen LogP contribution in [0.2, 0.25) is 0 Å². The summed E-state index contributed by atoms with van der Waals surface area (Å²) in [5.74, 6) is 1.77. The number of anilines is 3. The van der Waals surface area contributed by atoms with Gasteiger partial charge in [0.2, 0.25) is 0 Å². The molecule has 0 aromatic heterocycles. The summed E-state index contributed by atoms with van der Waals surface area (Å²) in [6.45, 7) is 14.1. The first-order valence-electron chi connectivity index (χ1n) is 14.0. The van der Waals surface area contributed by atoms with Crippen LogP contribution in [0.1, 0.15) is 67.2 Å². The fraction of sp³-hybridized carbons (Fsp3) is 0.438. The van der Waals surface area contributed by atoms with E-state index in [1.54, 1.807) is 0 Å². The number of unbranched alkanes of at least 4 members (excludes halogenated alkanes) is 2. The second-order valence-electron chi connectivity index (χ2n) is 10.9. The molecule has 1 heterocycles. The molecule has 6 heteroatoms. The van der Waals surface area contributed by atoms with Crippen molar-refractivity contribution in [2.75, 3.05) is 18.1 Å². The predicted molar refractivity (Wildman–Crippen MR) is 158 cm³/mol. The molecule has 202 valence electrons. The molecule has 0 N–H and O–H groups in total. The zero-order valence-electron chi connectivity index (χ0n) is 23.8. The highest BCUT2D eigenvalue weighted by Gasteiger charge is 2.51. The molecular weight excluding hydrogens is 473 g/mol. The fourth-order valence-electron chi connectivity index (χ4n) is 4.26. The maximum atomic E-state index is 6.26. The van der Waals surface area contributed by atoms with E-state index in [0.29, 0.717) is 0 Å². The molecule has 0 spiro atoms. The lowest BCUT2D eigenvalue weighted by molar-refractivity contribution is 0.00578. The normalized spacial score (nSPS) is 15.9. The molecule has 4 rings (SSSR count). The summed E-state index contributed by atoms with van der Waals surface area (Å²) in [5.41, 5.74) is 3.41. The van der Waals surface area contributed by atoms with Crippen molar-refractivity contribution < 1.29 is 18.8 Å². The number of benzene rings is 3. The lowest BCUT2D eigenvalue weighted by Crippen LogP contribution is -2.41. The highest BCUT2D eigenvalue weighted by molar-refractivity contribution is 6.62. The van der Waals surface area contributed by atoms with Crippen molar-refractivity contribution in [2.24, 2.45) is 0 Å². The molecule has 0 bridgehead atoms. The molecule has 3 aromatic rings. The molecule has 0 aliphatic carbocycles. The Morgan fingerprint density at radius 3 is 1.34 bits per heavy atom. The van der Waals surface area contributed by atoms with E-state index in [4.69, 9.17) is 18.8 Å². The Labute approximate surface area is 229 Å². The van der Waals surface area contributed by atoms with Crippen molar-refractivity contribution in [2.45, 2.75) is 78.4 Å². The van der Waals surface area contributed by atoms with Crippen LogP contribution in [-0.4, -0.2) is 31.5 Å². The summed E-state index contributed by atoms with van der Waals surface area (Å²) in [6.07, 6.45) is 4.34. The van der Waals surface area contributed by atoms with E-state index in [1.165, 1.54) is 0 Å². The summed E-state index contributed by atoms with van der Waals surface area (Å²) in [5, 5.41) is 0. The first kappa shape index (κ1) is 28.1. The van der Waals surface area contributed by atoms with Gasteiger partial charge in [0, 0.05) is 17.1 Å². The van der Waals surface area contributed by atoms with Crippen LogP contribution >= 0.6 is 0 Å². The Kier molecular flexibility index (Phi) is 9.06. The van der Waals surface area contributed by atoms with Gasteiger partial charge >= 0.3 is 7.12 Å². The summed E-state index contributed by atoms with van der Waals surface area (Å²) >= 11 is 0. The maximum absolute atomic E-state index is 6.26. The number of hydrogen-bond acceptors (Lipinski definition) is 5. The molecule has 38 heavy (non-hydrogen) atoms. The monoisotopic (exact) mass is 515 g/mol. The molecule has 5 nitrogen and oxygen atoms in total. The third-order valence-electron chi connectivity index (χ3n) is 7.40. The van der Waals surface area contributed by atoms with Crippen molar-refractivity contribution in [3.8, 4) is 11.5 Å². The molecule has 0 atom stereocenters. The number of ether oxygens (including phenoxy) is 2. The van der Waals surface area contributed by atoms with Gasteiger partial charge in [-0.25, -0.2) is 0 Å². The molecule has 0 unspecified atom stereocenters. The highest BCUT2D eigenvalue weighted by Crippen LogP contribution is 2.38. The zero-order chi connectivity index (χ0) is 27.2. The van der Waals surface area contributed by atoms with Crippen LogP contribution in [0.25, 0.3) is 0 Å². The van der Waals surface area contributed by atoms with Crippen molar-refractivity contribution >= 4 is 29.6 Å². The average molecular weight is 516 g/mol. The maximum Gasteiger partial charge on any atom is 0.494 e. The van der Waals surface area contributed by atoms with Gasteiger partial charge in [-0.05, 0) is 107 Å². The van der Waals surface area contributed by atoms with Crippen molar-refractivity contribution in [3.05, 3.63) is 72.8 Å². The van der Waals surface area contributed by atoms with Gasteiger partial charge in [-0.2, -0.15) is 0 Å². The molecule has 1 fully saturated rings. The second-order valence-corrected chi connectivity index (χ2v) is 10.9. The van der Waals surface area contributed by atoms with Gasteiger partial charge in [0.1, 0.15) is 11.5 Å². The van der Waals surface area contributed by atoms with Crippen molar-refractivity contribution in [3.63, 3.8) is 0 Å². The number of hydrogen-bond donors (Lipinski definition) is 0. The molecule has 0 saturated carbocycles. The Hall–Kier alpha value is -2.96. The van der Waals surface area contributed by atoms with Crippen molar-refractivity contribution in [1.29, 1.82) is 0 Å². The Balaban J connectivity index is 1.60. The van der Waals surface area contributed by atoms with E-state index >= 15 is 0 Å². The van der Waals surface area contributed by atoms with Crippen LogP contribution < -0.4 is 19.8 Å². The van der Waals surface area contributed by atoms with Crippen LogP contribution in [0.5, 0.6) is 11.5 Å². The first-order chi connectivity index (χ1) is 18.2. The first-order valence-corrected chi connectivity index (χ1v) is 14.0. The average Bonchev–Trinajstić information content (AvgIpc) is 3.13. The summed E-state index contributed by atoms with van der Waals surface area (Å²) in [6, 6.07) is 25.0. The Morgan fingerprint density at radius 2 is 0.974 bits per heavy atom. The van der Waals surface area contributed by atoms with E-state index in [2.05, 4.69) is 95.0 Å². The zero-order valence-corrected chi connectivity index (χ0v) is 23.8. The molecule has 1 aliphatic heterocycles. The minimum absolute atomic E-state index is 0.371. The quantitative estimate of drug-likeness (QED) is 0.182. The molecular formula is C32H42BNO4. The molecule has 3 aromatic carbocycles. The van der Waals surface area contributed by atoms with E-state index < -0.39 is 0 Å². The van der Waals surface area contributed by atoms with Crippen LogP contribution in [0.4, 0.5) is 17.1 Å². The SMILES string of the molecule is CCCCOc1ccc(N(c2ccc(OCCCC)cc2)c2ccc(B3OC(C)(C)C(C)(C)O3)cc2)cc1. The van der Waals surface area contributed by atoms with Gasteiger partial charge in [-0.15, -0.1) is 0 Å². The van der Waals surface area contributed by atoms with Gasteiger partial charge in [-0.1, -0.05) is 38.8 Å². The molecule has 0 amide bonds. The van der Waals surface area contributed by atoms with Crippen LogP contribution in [-0.2, 0) is 9.31 Å². The number of nitrogens with zero attached hydrogens (tertiary/aromatic N) is 1. The summed E-state index contributed by atoms with van der Waals surface area (Å²) in [4.78, 5) is 2.24. The van der Waals surface area contributed by atoms with E-state index in [0.717, 1.165) is 72.9 Å². The minimum atomic E-state index is -0.387. The van der Waals surface area contributed by atoms with Gasteiger partial charge in [-0.3, -0.25) is 0 Å². The molecule has 1 saturated heterocycles. The van der Waals surface area contributed by atoms with Gasteiger partial charge < -0.3 is 23.7 Å². The summed E-state index contributed by atoms with van der Waals surface area (Å²) in [7, 11) is -0.387. The molecule has 0 radical (unpaired) electrons. The van der Waals surface area contributed by atoms with E-state index in [9.17, 15) is 0 Å². The Morgan fingerprint density at radius 1 is 0.605 bits per heavy atom. The largest absolute Gasteiger partial charge is 0.494 e. The lowest BCUT2D eigenvalue weighted by atomic mass is 9.79. The van der Waals surface area contributed by atoms with Gasteiger partial charge in [0.25, 0.3) is 0 Å². The minimum Gasteiger partial charge on any atom is -0.494 e. The second kappa shape index (κ2) is 12.3. The lowest BCUT2D eigenvalue weighted by Gasteiger charge is -2.32. The third kappa shape index (κ3) is 6.54. The third-order valence-corrected chi connectivity index (χ3v) is 7.40. The summed E-state index contributed by atoms with van der Waals surface area (Å²) < 4.78 is 24.3.